The molecular weight excluding hydrogens is 635 g/mol. The largest absolute Gasteiger partial charge is 0.324 e. The van der Waals surface area contributed by atoms with Gasteiger partial charge in [0.2, 0.25) is 17.7 Å². The van der Waals surface area contributed by atoms with Crippen molar-refractivity contribution in [2.75, 3.05) is 10.2 Å². The Morgan fingerprint density at radius 3 is 2.43 bits per heavy atom. The standard InChI is InChI=1S/C36H29N3O4S3/c1-18-11-13-20(14-12-18)39-33(41)28-22-16-23(29(28)34(39)42)31-27(22)30(25-10-5-15-44-25)32-35(45-31)38(36(43)46-32)17-26(40)37-24-9-4-7-19-6-2-3-8-21(19)24/h2-15,22-23,27-31H,16-17H2,1H3,(H,37,40). The lowest BCUT2D eigenvalue weighted by Crippen LogP contribution is -2.43. The third kappa shape index (κ3) is 4.09. The maximum atomic E-state index is 14.0. The number of carbonyl (C=O) groups is 3. The number of rotatable bonds is 5. The molecule has 2 aliphatic heterocycles. The monoisotopic (exact) mass is 663 g/mol. The molecule has 10 heteroatoms. The smallest absolute Gasteiger partial charge is 0.308 e. The second-order valence-corrected chi connectivity index (χ2v) is 16.0. The van der Waals surface area contributed by atoms with Gasteiger partial charge in [-0.1, -0.05) is 71.5 Å². The summed E-state index contributed by atoms with van der Waals surface area (Å²) in [4.78, 5) is 58.5. The third-order valence-corrected chi connectivity index (χ3v) is 14.2. The molecule has 5 aromatic rings. The Hall–Kier alpha value is -3.99. The van der Waals surface area contributed by atoms with Crippen LogP contribution >= 0.6 is 34.4 Å². The number of anilines is 2. The highest BCUT2D eigenvalue weighted by atomic mass is 32.2. The zero-order valence-corrected chi connectivity index (χ0v) is 27.2. The number of nitrogens with one attached hydrogen (secondary N) is 1. The minimum Gasteiger partial charge on any atom is -0.324 e. The average Bonchev–Trinajstić information content (AvgIpc) is 3.88. The van der Waals surface area contributed by atoms with Crippen molar-refractivity contribution in [1.29, 1.82) is 0 Å². The van der Waals surface area contributed by atoms with Crippen LogP contribution in [0.25, 0.3) is 10.8 Å². The Bertz CT molecular complexity index is 2110. The van der Waals surface area contributed by atoms with Crippen LogP contribution in [0.5, 0.6) is 0 Å². The van der Waals surface area contributed by atoms with Gasteiger partial charge in [-0.15, -0.1) is 23.1 Å². The molecule has 3 fully saturated rings. The topological polar surface area (TPSA) is 88.5 Å². The molecule has 2 bridgehead atoms. The molecule has 0 radical (unpaired) electrons. The number of nitrogens with zero attached hydrogens (tertiary/aromatic N) is 2. The number of imide groups is 1. The highest BCUT2D eigenvalue weighted by Gasteiger charge is 2.70. The van der Waals surface area contributed by atoms with Crippen molar-refractivity contribution < 1.29 is 14.4 Å². The number of thiazole rings is 1. The minimum atomic E-state index is -0.355. The normalized spacial score (nSPS) is 27.6. The number of hydrogen-bond acceptors (Lipinski definition) is 7. The molecule has 1 N–H and O–H groups in total. The number of thiophene rings is 1. The fraction of sp³-hybridized carbons (Fsp3) is 0.278. The van der Waals surface area contributed by atoms with Crippen molar-refractivity contribution in [3.05, 3.63) is 109 Å². The number of aromatic nitrogens is 1. The Labute approximate surface area is 277 Å². The lowest BCUT2D eigenvalue weighted by Gasteiger charge is -2.42. The second-order valence-electron chi connectivity index (χ2n) is 12.8. The molecule has 2 aromatic heterocycles. The molecule has 9 rings (SSSR count). The van der Waals surface area contributed by atoms with Gasteiger partial charge in [0.15, 0.2) is 0 Å². The molecule has 7 nitrogen and oxygen atoms in total. The highest BCUT2D eigenvalue weighted by molar-refractivity contribution is 8.00. The predicted molar refractivity (Wildman–Crippen MR) is 183 cm³/mol. The van der Waals surface area contributed by atoms with Crippen LogP contribution < -0.4 is 15.1 Å². The predicted octanol–water partition coefficient (Wildman–Crippen LogP) is 6.75. The van der Waals surface area contributed by atoms with Gasteiger partial charge in [-0.2, -0.15) is 0 Å². The fourth-order valence-corrected chi connectivity index (χ4v) is 12.8. The SMILES string of the molecule is Cc1ccc(N2C(=O)C3C4CC(C3C2=O)C2C(c3cccs3)c3sc(=O)n(CC(=O)Nc5cccc6ccccc56)c3SC42)cc1. The summed E-state index contributed by atoms with van der Waals surface area (Å²) in [5.41, 5.74) is 2.43. The zero-order valence-electron chi connectivity index (χ0n) is 24.8. The van der Waals surface area contributed by atoms with E-state index in [1.807, 2.05) is 79.7 Å². The molecule has 7 atom stereocenters. The fourth-order valence-electron chi connectivity index (χ4n) is 8.66. The van der Waals surface area contributed by atoms with Crippen molar-refractivity contribution in [2.45, 2.75) is 36.1 Å². The van der Waals surface area contributed by atoms with Gasteiger partial charge in [0.05, 0.1) is 22.5 Å². The molecule has 2 aliphatic carbocycles. The summed E-state index contributed by atoms with van der Waals surface area (Å²) in [6, 6.07) is 25.4. The second kappa shape index (κ2) is 10.5. The lowest BCUT2D eigenvalue weighted by atomic mass is 9.69. The lowest BCUT2D eigenvalue weighted by molar-refractivity contribution is -0.123. The van der Waals surface area contributed by atoms with E-state index in [1.165, 1.54) is 21.1 Å². The Kier molecular flexibility index (Phi) is 6.46. The molecule has 1 saturated heterocycles. The van der Waals surface area contributed by atoms with E-state index in [1.54, 1.807) is 27.7 Å². The quantitative estimate of drug-likeness (QED) is 0.210. The maximum Gasteiger partial charge on any atom is 0.308 e. The average molecular weight is 664 g/mol. The van der Waals surface area contributed by atoms with Crippen LogP contribution in [-0.2, 0) is 20.9 Å². The summed E-state index contributed by atoms with van der Waals surface area (Å²) in [5, 5.41) is 7.98. The van der Waals surface area contributed by atoms with Crippen LogP contribution in [0.4, 0.5) is 11.4 Å². The maximum absolute atomic E-state index is 14.0. The summed E-state index contributed by atoms with van der Waals surface area (Å²) < 4.78 is 1.63. The van der Waals surface area contributed by atoms with E-state index in [0.29, 0.717) is 11.4 Å². The van der Waals surface area contributed by atoms with E-state index in [2.05, 4.69) is 16.8 Å². The van der Waals surface area contributed by atoms with Gasteiger partial charge in [-0.25, -0.2) is 0 Å². The molecule has 4 heterocycles. The first-order valence-corrected chi connectivity index (χ1v) is 18.1. The van der Waals surface area contributed by atoms with Gasteiger partial charge in [0.1, 0.15) is 6.54 Å². The van der Waals surface area contributed by atoms with E-state index >= 15 is 0 Å². The van der Waals surface area contributed by atoms with Gasteiger partial charge in [0, 0.05) is 32.0 Å². The number of thioether (sulfide) groups is 1. The Balaban J connectivity index is 1.07. The van der Waals surface area contributed by atoms with Crippen molar-refractivity contribution in [3.63, 3.8) is 0 Å². The number of fused-ring (bicyclic) bond motifs is 10. The van der Waals surface area contributed by atoms with Gasteiger partial charge in [-0.05, 0) is 66.1 Å². The van der Waals surface area contributed by atoms with Crippen molar-refractivity contribution in [3.8, 4) is 0 Å². The first-order valence-electron chi connectivity index (χ1n) is 15.5. The van der Waals surface area contributed by atoms with E-state index in [0.717, 1.165) is 32.7 Å². The summed E-state index contributed by atoms with van der Waals surface area (Å²) in [6.07, 6.45) is 0.833. The van der Waals surface area contributed by atoms with E-state index < -0.39 is 0 Å². The summed E-state index contributed by atoms with van der Waals surface area (Å²) >= 11 is 4.55. The van der Waals surface area contributed by atoms with E-state index in [-0.39, 0.29) is 69.9 Å². The first kappa shape index (κ1) is 28.3. The zero-order chi connectivity index (χ0) is 31.3. The third-order valence-electron chi connectivity index (χ3n) is 10.5. The molecule has 7 unspecified atom stereocenters. The molecule has 230 valence electrons. The number of amides is 3. The molecule has 0 spiro atoms. The Morgan fingerprint density at radius 1 is 0.891 bits per heavy atom. The molecule has 3 aromatic carbocycles. The van der Waals surface area contributed by atoms with Crippen LogP contribution in [-0.4, -0.2) is 27.5 Å². The van der Waals surface area contributed by atoms with Crippen molar-refractivity contribution in [1.82, 2.24) is 4.57 Å². The number of hydrogen-bond donors (Lipinski definition) is 1. The van der Waals surface area contributed by atoms with E-state index in [9.17, 15) is 19.2 Å². The van der Waals surface area contributed by atoms with Crippen LogP contribution in [0.3, 0.4) is 0 Å². The number of carbonyl (C=O) groups excluding carboxylic acids is 3. The summed E-state index contributed by atoms with van der Waals surface area (Å²) in [5.74, 6) is -0.959. The first-order chi connectivity index (χ1) is 22.4. The van der Waals surface area contributed by atoms with Crippen molar-refractivity contribution >= 4 is 74.3 Å². The highest BCUT2D eigenvalue weighted by Crippen LogP contribution is 2.69. The van der Waals surface area contributed by atoms with Gasteiger partial charge < -0.3 is 5.32 Å². The van der Waals surface area contributed by atoms with Crippen LogP contribution in [0, 0.1) is 36.5 Å². The number of aryl methyl sites for hydroxylation is 1. The van der Waals surface area contributed by atoms with Crippen LogP contribution in [0.1, 0.15) is 27.7 Å². The molecule has 46 heavy (non-hydrogen) atoms. The number of benzene rings is 3. The van der Waals surface area contributed by atoms with E-state index in [4.69, 9.17) is 0 Å². The molecule has 2 saturated carbocycles. The molecule has 4 aliphatic rings. The minimum absolute atomic E-state index is 0.0282. The van der Waals surface area contributed by atoms with Gasteiger partial charge in [0.25, 0.3) is 0 Å². The van der Waals surface area contributed by atoms with Crippen LogP contribution in [0.2, 0.25) is 0 Å². The van der Waals surface area contributed by atoms with Gasteiger partial charge in [-0.3, -0.25) is 28.6 Å². The van der Waals surface area contributed by atoms with Crippen LogP contribution in [0.15, 0.2) is 94.1 Å². The summed E-state index contributed by atoms with van der Waals surface area (Å²) in [7, 11) is 0. The molecular formula is C36H29N3O4S3. The summed E-state index contributed by atoms with van der Waals surface area (Å²) in [6.45, 7) is 1.90. The van der Waals surface area contributed by atoms with Crippen molar-refractivity contribution in [2.24, 2.45) is 29.6 Å². The Morgan fingerprint density at radius 2 is 1.65 bits per heavy atom. The molecule has 3 amide bonds. The van der Waals surface area contributed by atoms with Gasteiger partial charge >= 0.3 is 4.87 Å².